The number of hydrogen-bond donors (Lipinski definition) is 3. The van der Waals surface area contributed by atoms with E-state index < -0.39 is 0 Å². The van der Waals surface area contributed by atoms with Crippen molar-refractivity contribution in [2.24, 2.45) is 22.7 Å². The fraction of sp³-hybridized carbons (Fsp3) is 0.900. The van der Waals surface area contributed by atoms with Crippen molar-refractivity contribution in [3.63, 3.8) is 0 Å². The molecule has 4 heteroatoms. The Morgan fingerprint density at radius 1 is 1.43 bits per heavy atom. The number of hydrogen-bond acceptors (Lipinski definition) is 3. The Kier molecular flexibility index (Phi) is 4.20. The lowest BCUT2D eigenvalue weighted by Gasteiger charge is -2.32. The highest BCUT2D eigenvalue weighted by Crippen LogP contribution is 2.29. The van der Waals surface area contributed by atoms with Crippen molar-refractivity contribution in [2.75, 3.05) is 6.54 Å². The van der Waals surface area contributed by atoms with Crippen LogP contribution in [0.3, 0.4) is 0 Å². The van der Waals surface area contributed by atoms with Gasteiger partial charge in [-0.25, -0.2) is 0 Å². The average molecular weight is 199 g/mol. The summed E-state index contributed by atoms with van der Waals surface area (Å²) in [7, 11) is 0. The first-order chi connectivity index (χ1) is 6.63. The third kappa shape index (κ3) is 3.18. The second-order valence-electron chi connectivity index (χ2n) is 4.44. The lowest BCUT2D eigenvalue weighted by molar-refractivity contribution is 0.230. The van der Waals surface area contributed by atoms with Gasteiger partial charge in [0.25, 0.3) is 0 Å². The quantitative estimate of drug-likeness (QED) is 0.276. The largest absolute Gasteiger partial charge is 0.409 e. The molecule has 0 aromatic rings. The first-order valence-corrected chi connectivity index (χ1v) is 5.33. The normalized spacial score (nSPS) is 34.4. The van der Waals surface area contributed by atoms with Crippen LogP contribution in [0, 0.1) is 11.8 Å². The summed E-state index contributed by atoms with van der Waals surface area (Å²) in [4.78, 5) is 0. The molecule has 0 heterocycles. The van der Waals surface area contributed by atoms with Gasteiger partial charge in [-0.15, -0.1) is 0 Å². The Labute approximate surface area is 85.6 Å². The molecule has 0 aliphatic heterocycles. The van der Waals surface area contributed by atoms with E-state index in [1.165, 1.54) is 19.3 Å². The molecule has 1 aliphatic rings. The number of nitrogens with two attached hydrogens (primary N) is 1. The number of rotatable bonds is 3. The summed E-state index contributed by atoms with van der Waals surface area (Å²) in [5.74, 6) is 1.86. The molecular weight excluding hydrogens is 178 g/mol. The molecule has 14 heavy (non-hydrogen) atoms. The molecule has 4 nitrogen and oxygen atoms in total. The summed E-state index contributed by atoms with van der Waals surface area (Å²) in [6, 6.07) is 0.529. The number of amidine groups is 1. The van der Waals surface area contributed by atoms with E-state index in [4.69, 9.17) is 10.9 Å². The van der Waals surface area contributed by atoms with Crippen molar-refractivity contribution in [1.29, 1.82) is 0 Å². The fourth-order valence-electron chi connectivity index (χ4n) is 2.02. The van der Waals surface area contributed by atoms with Crippen LogP contribution in [0.4, 0.5) is 0 Å². The number of oxime groups is 1. The highest BCUT2D eigenvalue weighted by molar-refractivity contribution is 5.81. The van der Waals surface area contributed by atoms with E-state index in [-0.39, 0.29) is 5.84 Å². The summed E-state index contributed by atoms with van der Waals surface area (Å²) in [6.45, 7) is 5.09. The van der Waals surface area contributed by atoms with Crippen LogP contribution < -0.4 is 11.1 Å². The standard InChI is InChI=1S/C10H21N3O/c1-7-3-4-9(5-8(7)2)12-6-10(11)13-14/h7-9,12,14H,3-6H2,1-2H3,(H2,11,13). The maximum Gasteiger partial charge on any atom is 0.153 e. The van der Waals surface area contributed by atoms with E-state index in [0.717, 1.165) is 11.8 Å². The Bertz CT molecular complexity index is 206. The lowest BCUT2D eigenvalue weighted by atomic mass is 9.79. The van der Waals surface area contributed by atoms with Crippen LogP contribution in [-0.4, -0.2) is 23.6 Å². The van der Waals surface area contributed by atoms with E-state index in [1.807, 2.05) is 0 Å². The van der Waals surface area contributed by atoms with Gasteiger partial charge < -0.3 is 16.3 Å². The van der Waals surface area contributed by atoms with Gasteiger partial charge in [0.05, 0.1) is 6.54 Å². The molecule has 3 atom stereocenters. The third-order valence-electron chi connectivity index (χ3n) is 3.30. The third-order valence-corrected chi connectivity index (χ3v) is 3.30. The van der Waals surface area contributed by atoms with E-state index in [2.05, 4.69) is 24.3 Å². The zero-order valence-corrected chi connectivity index (χ0v) is 9.03. The Hall–Kier alpha value is -0.770. The SMILES string of the molecule is CC1CCC(NCC(N)=NO)CC1C. The van der Waals surface area contributed by atoms with Gasteiger partial charge in [-0.2, -0.15) is 0 Å². The predicted molar refractivity (Wildman–Crippen MR) is 57.4 cm³/mol. The van der Waals surface area contributed by atoms with Crippen LogP contribution >= 0.6 is 0 Å². The first-order valence-electron chi connectivity index (χ1n) is 5.33. The minimum absolute atomic E-state index is 0.260. The average Bonchev–Trinajstić information content (AvgIpc) is 2.19. The summed E-state index contributed by atoms with van der Waals surface area (Å²) in [5, 5.41) is 14.6. The van der Waals surface area contributed by atoms with Crippen LogP contribution in [0.5, 0.6) is 0 Å². The zero-order chi connectivity index (χ0) is 10.6. The molecule has 0 spiro atoms. The van der Waals surface area contributed by atoms with Crippen molar-refractivity contribution >= 4 is 5.84 Å². The maximum atomic E-state index is 8.38. The van der Waals surface area contributed by atoms with E-state index >= 15 is 0 Å². The highest BCUT2D eigenvalue weighted by atomic mass is 16.4. The molecule has 4 N–H and O–H groups in total. The van der Waals surface area contributed by atoms with Gasteiger partial charge in [-0.3, -0.25) is 0 Å². The second kappa shape index (κ2) is 5.20. The van der Waals surface area contributed by atoms with Crippen LogP contribution in [0.15, 0.2) is 5.16 Å². The Morgan fingerprint density at radius 3 is 2.71 bits per heavy atom. The summed E-state index contributed by atoms with van der Waals surface area (Å²) in [6.07, 6.45) is 3.67. The first kappa shape index (κ1) is 11.3. The molecular formula is C10H21N3O. The molecule has 0 amide bonds. The number of nitrogens with zero attached hydrogens (tertiary/aromatic N) is 1. The Balaban J connectivity index is 2.26. The molecule has 1 fully saturated rings. The fourth-order valence-corrected chi connectivity index (χ4v) is 2.02. The van der Waals surface area contributed by atoms with Crippen molar-refractivity contribution in [2.45, 2.75) is 39.2 Å². The molecule has 0 aromatic carbocycles. The maximum absolute atomic E-state index is 8.38. The molecule has 0 bridgehead atoms. The molecule has 1 aliphatic carbocycles. The van der Waals surface area contributed by atoms with Crippen molar-refractivity contribution in [1.82, 2.24) is 5.32 Å². The van der Waals surface area contributed by atoms with Gasteiger partial charge in [-0.05, 0) is 31.1 Å². The molecule has 3 unspecified atom stereocenters. The molecule has 1 saturated carbocycles. The smallest absolute Gasteiger partial charge is 0.153 e. The van der Waals surface area contributed by atoms with Crippen LogP contribution in [0.1, 0.15) is 33.1 Å². The van der Waals surface area contributed by atoms with Crippen molar-refractivity contribution in [3.8, 4) is 0 Å². The van der Waals surface area contributed by atoms with Crippen molar-refractivity contribution in [3.05, 3.63) is 0 Å². The van der Waals surface area contributed by atoms with Crippen LogP contribution in [0.25, 0.3) is 0 Å². The summed E-state index contributed by atoms with van der Waals surface area (Å²) < 4.78 is 0. The van der Waals surface area contributed by atoms with Crippen LogP contribution in [0.2, 0.25) is 0 Å². The monoisotopic (exact) mass is 199 g/mol. The molecule has 0 aromatic heterocycles. The molecule has 0 saturated heterocycles. The summed E-state index contributed by atoms with van der Waals surface area (Å²) >= 11 is 0. The second-order valence-corrected chi connectivity index (χ2v) is 4.44. The zero-order valence-electron chi connectivity index (χ0n) is 9.03. The van der Waals surface area contributed by atoms with E-state index in [9.17, 15) is 0 Å². The van der Waals surface area contributed by atoms with E-state index in [1.54, 1.807) is 0 Å². The van der Waals surface area contributed by atoms with Crippen molar-refractivity contribution < 1.29 is 5.21 Å². The van der Waals surface area contributed by atoms with Gasteiger partial charge in [0.1, 0.15) is 0 Å². The van der Waals surface area contributed by atoms with Crippen LogP contribution in [-0.2, 0) is 0 Å². The molecule has 82 valence electrons. The summed E-state index contributed by atoms with van der Waals surface area (Å²) in [5.41, 5.74) is 5.39. The molecule has 0 radical (unpaired) electrons. The van der Waals surface area contributed by atoms with Gasteiger partial charge in [-0.1, -0.05) is 19.0 Å². The van der Waals surface area contributed by atoms with Gasteiger partial charge in [0, 0.05) is 6.04 Å². The van der Waals surface area contributed by atoms with Gasteiger partial charge in [0.15, 0.2) is 5.84 Å². The predicted octanol–water partition coefficient (Wildman–Crippen LogP) is 1.15. The topological polar surface area (TPSA) is 70.6 Å². The van der Waals surface area contributed by atoms with Gasteiger partial charge >= 0.3 is 0 Å². The molecule has 1 rings (SSSR count). The van der Waals surface area contributed by atoms with Gasteiger partial charge in [0.2, 0.25) is 0 Å². The highest BCUT2D eigenvalue weighted by Gasteiger charge is 2.23. The minimum atomic E-state index is 0.260. The van der Waals surface area contributed by atoms with E-state index in [0.29, 0.717) is 12.6 Å². The Morgan fingerprint density at radius 2 is 2.14 bits per heavy atom. The minimum Gasteiger partial charge on any atom is -0.409 e. The lowest BCUT2D eigenvalue weighted by Crippen LogP contribution is -2.40. The number of nitrogens with one attached hydrogen (secondary N) is 1.